The minimum Gasteiger partial charge on any atom is -0.478 e. The monoisotopic (exact) mass is 527 g/mol. The zero-order valence-electron chi connectivity index (χ0n) is 18.8. The Morgan fingerprint density at radius 1 is 1.06 bits per heavy atom. The van der Waals surface area contributed by atoms with Crippen molar-refractivity contribution >= 4 is 70.1 Å². The van der Waals surface area contributed by atoms with Crippen LogP contribution in [0.5, 0.6) is 0 Å². The third kappa shape index (κ3) is 4.25. The number of rotatable bonds is 4. The molecule has 1 aromatic heterocycles. The molecule has 4 rings (SSSR count). The Balaban J connectivity index is 1.82. The fraction of sp³-hybridized carbons (Fsp3) is 0.120. The Hall–Kier alpha value is -3.46. The van der Waals surface area contributed by atoms with Gasteiger partial charge in [-0.15, -0.1) is 0 Å². The molecule has 0 saturated carbocycles. The number of carboxylic acids is 1. The van der Waals surface area contributed by atoms with E-state index in [1.165, 1.54) is 6.08 Å². The van der Waals surface area contributed by atoms with E-state index in [9.17, 15) is 19.5 Å². The van der Waals surface area contributed by atoms with Crippen LogP contribution in [0.2, 0.25) is 10.0 Å². The highest BCUT2D eigenvalue weighted by Crippen LogP contribution is 2.35. The third-order valence-electron chi connectivity index (χ3n) is 5.82. The summed E-state index contributed by atoms with van der Waals surface area (Å²) in [5.74, 6) is -2.30. The second kappa shape index (κ2) is 9.30. The quantitative estimate of drug-likeness (QED) is 0.275. The topological polar surface area (TPSA) is 91.6 Å². The Kier molecular flexibility index (Phi) is 6.55. The number of thiocarbonyl (C=S) groups is 1. The number of nitrogens with one attached hydrogen (secondary N) is 1. The van der Waals surface area contributed by atoms with E-state index in [-0.39, 0.29) is 32.0 Å². The van der Waals surface area contributed by atoms with E-state index >= 15 is 0 Å². The van der Waals surface area contributed by atoms with E-state index < -0.39 is 17.8 Å². The van der Waals surface area contributed by atoms with Gasteiger partial charge in [0, 0.05) is 17.1 Å². The average Bonchev–Trinajstić information content (AvgIpc) is 3.06. The molecule has 2 aromatic carbocycles. The second-order valence-corrected chi connectivity index (χ2v) is 9.12. The van der Waals surface area contributed by atoms with Gasteiger partial charge in [-0.3, -0.25) is 19.8 Å². The van der Waals surface area contributed by atoms with Crippen molar-refractivity contribution in [2.75, 3.05) is 4.90 Å². The van der Waals surface area contributed by atoms with Crippen LogP contribution >= 0.6 is 35.4 Å². The van der Waals surface area contributed by atoms with Crippen LogP contribution in [0.1, 0.15) is 32.9 Å². The predicted octanol–water partition coefficient (Wildman–Crippen LogP) is 5.24. The van der Waals surface area contributed by atoms with Crippen LogP contribution in [0.3, 0.4) is 0 Å². The number of halogens is 2. The van der Waals surface area contributed by atoms with Crippen LogP contribution in [-0.4, -0.2) is 32.6 Å². The molecular weight excluding hydrogens is 509 g/mol. The number of carbonyl (C=O) groups is 3. The number of aromatic carboxylic acids is 1. The molecule has 2 N–H and O–H groups in total. The molecule has 3 aromatic rings. The summed E-state index contributed by atoms with van der Waals surface area (Å²) in [5.41, 5.74) is 3.75. The van der Waals surface area contributed by atoms with E-state index in [4.69, 9.17) is 35.4 Å². The van der Waals surface area contributed by atoms with Gasteiger partial charge in [-0.05, 0) is 80.5 Å². The van der Waals surface area contributed by atoms with Gasteiger partial charge < -0.3 is 9.67 Å². The van der Waals surface area contributed by atoms with Crippen LogP contribution in [0.15, 0.2) is 48.0 Å². The van der Waals surface area contributed by atoms with E-state index in [1.807, 2.05) is 30.5 Å². The van der Waals surface area contributed by atoms with Gasteiger partial charge in [0.2, 0.25) is 0 Å². The van der Waals surface area contributed by atoms with E-state index in [0.717, 1.165) is 16.3 Å². The molecule has 0 unspecified atom stereocenters. The molecule has 7 nitrogen and oxygen atoms in total. The minimum absolute atomic E-state index is 0.104. The lowest BCUT2D eigenvalue weighted by molar-refractivity contribution is -0.122. The molecule has 0 bridgehead atoms. The largest absolute Gasteiger partial charge is 0.478 e. The molecule has 1 aliphatic heterocycles. The smallest absolute Gasteiger partial charge is 0.336 e. The van der Waals surface area contributed by atoms with Gasteiger partial charge in [0.25, 0.3) is 11.8 Å². The van der Waals surface area contributed by atoms with Gasteiger partial charge in [-0.2, -0.15) is 0 Å². The number of carbonyl (C=O) groups excluding carboxylic acids is 2. The number of amides is 2. The maximum atomic E-state index is 13.4. The first-order valence-corrected chi connectivity index (χ1v) is 11.6. The lowest BCUT2D eigenvalue weighted by atomic mass is 10.1. The van der Waals surface area contributed by atoms with Crippen LogP contribution < -0.4 is 10.2 Å². The van der Waals surface area contributed by atoms with Crippen molar-refractivity contribution in [3.05, 3.63) is 86.2 Å². The zero-order chi connectivity index (χ0) is 25.6. The predicted molar refractivity (Wildman–Crippen MR) is 140 cm³/mol. The Morgan fingerprint density at radius 3 is 2.40 bits per heavy atom. The van der Waals surface area contributed by atoms with E-state index in [0.29, 0.717) is 16.8 Å². The van der Waals surface area contributed by atoms with Crippen molar-refractivity contribution in [2.45, 2.75) is 20.8 Å². The van der Waals surface area contributed by atoms with Gasteiger partial charge >= 0.3 is 5.97 Å². The molecule has 0 aliphatic carbocycles. The maximum Gasteiger partial charge on any atom is 0.336 e. The van der Waals surface area contributed by atoms with Crippen molar-refractivity contribution < 1.29 is 19.5 Å². The van der Waals surface area contributed by atoms with E-state index in [2.05, 4.69) is 5.32 Å². The SMILES string of the molecule is Cc1c(C(=O)O)cccc1-n1c(C)cc(/C=C2\C(=O)NC(=S)N(c3cccc(Cl)c3Cl)C2=O)c1C. The van der Waals surface area contributed by atoms with Crippen molar-refractivity contribution in [3.63, 3.8) is 0 Å². The van der Waals surface area contributed by atoms with Crippen LogP contribution in [0, 0.1) is 20.8 Å². The molecule has 1 fully saturated rings. The second-order valence-electron chi connectivity index (χ2n) is 7.95. The zero-order valence-corrected chi connectivity index (χ0v) is 21.2. The number of anilines is 1. The number of nitrogens with zero attached hydrogens (tertiary/aromatic N) is 2. The van der Waals surface area contributed by atoms with E-state index in [1.54, 1.807) is 37.3 Å². The first-order valence-electron chi connectivity index (χ1n) is 10.4. The van der Waals surface area contributed by atoms with Crippen molar-refractivity contribution in [1.82, 2.24) is 9.88 Å². The number of carboxylic acid groups (broad SMARTS) is 1. The van der Waals surface area contributed by atoms with Gasteiger partial charge in [0.15, 0.2) is 5.11 Å². The summed E-state index contributed by atoms with van der Waals surface area (Å²) in [6.45, 7) is 5.42. The number of hydrogen-bond acceptors (Lipinski definition) is 4. The Morgan fingerprint density at radius 2 is 1.71 bits per heavy atom. The standard InChI is InChI=1S/C25H19Cl2N3O4S/c1-12-10-15(14(3)29(12)19-8-4-6-16(13(19)2)24(33)34)11-17-22(31)28-25(35)30(23(17)32)20-9-5-7-18(26)21(20)27/h4-11H,1-3H3,(H,33,34)(H,28,31,35)/b17-11+. The summed E-state index contributed by atoms with van der Waals surface area (Å²) >= 11 is 17.7. The molecule has 1 saturated heterocycles. The molecule has 0 spiro atoms. The highest BCUT2D eigenvalue weighted by atomic mass is 35.5. The van der Waals surface area contributed by atoms with Crippen molar-refractivity contribution in [3.8, 4) is 5.69 Å². The summed E-state index contributed by atoms with van der Waals surface area (Å²) < 4.78 is 1.88. The summed E-state index contributed by atoms with van der Waals surface area (Å²) in [7, 11) is 0. The lowest BCUT2D eigenvalue weighted by Crippen LogP contribution is -2.54. The molecule has 0 atom stereocenters. The normalized spacial score (nSPS) is 15.1. The lowest BCUT2D eigenvalue weighted by Gasteiger charge is -2.29. The first-order chi connectivity index (χ1) is 16.5. The molecule has 35 heavy (non-hydrogen) atoms. The van der Waals surface area contributed by atoms with Crippen molar-refractivity contribution in [1.29, 1.82) is 0 Å². The molecule has 2 heterocycles. The molecule has 178 valence electrons. The summed E-state index contributed by atoms with van der Waals surface area (Å²) in [5, 5.41) is 12.3. The summed E-state index contributed by atoms with van der Waals surface area (Å²) in [6.07, 6.45) is 1.49. The van der Waals surface area contributed by atoms with Gasteiger partial charge in [-0.25, -0.2) is 4.79 Å². The molecular formula is C25H19Cl2N3O4S. The van der Waals surface area contributed by atoms with Gasteiger partial charge in [0.05, 0.1) is 21.3 Å². The Bertz CT molecular complexity index is 1480. The molecule has 0 radical (unpaired) electrons. The molecule has 10 heteroatoms. The van der Waals surface area contributed by atoms with Gasteiger partial charge in [-0.1, -0.05) is 35.3 Å². The number of aromatic nitrogens is 1. The number of benzene rings is 2. The third-order valence-corrected chi connectivity index (χ3v) is 6.91. The fourth-order valence-electron chi connectivity index (χ4n) is 4.10. The van der Waals surface area contributed by atoms with Crippen LogP contribution in [0.25, 0.3) is 11.8 Å². The van der Waals surface area contributed by atoms with Crippen LogP contribution in [0.4, 0.5) is 5.69 Å². The maximum absolute atomic E-state index is 13.4. The number of hydrogen-bond donors (Lipinski definition) is 2. The van der Waals surface area contributed by atoms with Crippen molar-refractivity contribution in [2.24, 2.45) is 0 Å². The fourth-order valence-corrected chi connectivity index (χ4v) is 4.75. The molecule has 2 amide bonds. The Labute approximate surface area is 216 Å². The molecule has 1 aliphatic rings. The van der Waals surface area contributed by atoms with Crippen LogP contribution in [-0.2, 0) is 9.59 Å². The summed E-state index contributed by atoms with van der Waals surface area (Å²) in [6, 6.07) is 11.6. The minimum atomic E-state index is -1.02. The highest BCUT2D eigenvalue weighted by Gasteiger charge is 2.36. The number of aryl methyl sites for hydroxylation is 1. The van der Waals surface area contributed by atoms with Gasteiger partial charge in [0.1, 0.15) is 5.57 Å². The average molecular weight is 528 g/mol. The summed E-state index contributed by atoms with van der Waals surface area (Å²) in [4.78, 5) is 38.9. The highest BCUT2D eigenvalue weighted by molar-refractivity contribution is 7.80. The first kappa shape index (κ1) is 24.7.